The average Bonchev–Trinajstić information content (AvgIpc) is 2.82. The molecular formula is C25H21F4N3O4S. The predicted octanol–water partition coefficient (Wildman–Crippen LogP) is 5.38. The lowest BCUT2D eigenvalue weighted by atomic mass is 10.1. The SMILES string of the molecule is C=Cc1cc(CNC(=O)/C=C\c2ccc(C(F)(F)F)nc2Oc2ccccc2)cc(F)c1NS(C)(=O)=O. The molecule has 0 bridgehead atoms. The van der Waals surface area contributed by atoms with E-state index >= 15 is 0 Å². The van der Waals surface area contributed by atoms with Gasteiger partial charge in [0.25, 0.3) is 0 Å². The molecule has 0 atom stereocenters. The summed E-state index contributed by atoms with van der Waals surface area (Å²) in [4.78, 5) is 15.9. The molecule has 0 saturated carbocycles. The van der Waals surface area contributed by atoms with Crippen LogP contribution in [0.5, 0.6) is 11.6 Å². The van der Waals surface area contributed by atoms with Gasteiger partial charge in [0.2, 0.25) is 21.8 Å². The third-order valence-corrected chi connectivity index (χ3v) is 5.28. The number of anilines is 1. The van der Waals surface area contributed by atoms with Crippen molar-refractivity contribution in [3.63, 3.8) is 0 Å². The lowest BCUT2D eigenvalue weighted by Crippen LogP contribution is -2.20. The Bertz CT molecular complexity index is 1440. The summed E-state index contributed by atoms with van der Waals surface area (Å²) in [5.74, 6) is -1.59. The number of aromatic nitrogens is 1. The molecule has 1 amide bonds. The van der Waals surface area contributed by atoms with Crippen LogP contribution in [0.15, 0.2) is 67.3 Å². The maximum Gasteiger partial charge on any atom is 0.433 e. The van der Waals surface area contributed by atoms with E-state index in [1.807, 2.05) is 0 Å². The van der Waals surface area contributed by atoms with Crippen molar-refractivity contribution in [2.24, 2.45) is 0 Å². The molecular weight excluding hydrogens is 514 g/mol. The summed E-state index contributed by atoms with van der Waals surface area (Å²) < 4.78 is 84.4. The third-order valence-electron chi connectivity index (χ3n) is 4.71. The van der Waals surface area contributed by atoms with E-state index in [1.54, 1.807) is 18.2 Å². The lowest BCUT2D eigenvalue weighted by molar-refractivity contribution is -0.141. The molecule has 194 valence electrons. The van der Waals surface area contributed by atoms with Gasteiger partial charge in [0.1, 0.15) is 17.3 Å². The number of pyridine rings is 1. The number of hydrogen-bond acceptors (Lipinski definition) is 5. The first-order chi connectivity index (χ1) is 17.4. The molecule has 2 N–H and O–H groups in total. The smallest absolute Gasteiger partial charge is 0.433 e. The molecule has 0 fully saturated rings. The van der Waals surface area contributed by atoms with Crippen molar-refractivity contribution in [2.75, 3.05) is 11.0 Å². The Morgan fingerprint density at radius 2 is 1.81 bits per heavy atom. The van der Waals surface area contributed by atoms with Gasteiger partial charge in [0.15, 0.2) is 0 Å². The van der Waals surface area contributed by atoms with Crippen molar-refractivity contribution in [3.05, 3.63) is 95.5 Å². The molecule has 1 heterocycles. The number of amides is 1. The Hall–Kier alpha value is -4.19. The van der Waals surface area contributed by atoms with Gasteiger partial charge in [-0.25, -0.2) is 17.8 Å². The number of alkyl halides is 3. The van der Waals surface area contributed by atoms with Crippen molar-refractivity contribution < 1.29 is 35.5 Å². The summed E-state index contributed by atoms with van der Waals surface area (Å²) in [6.45, 7) is 3.41. The Morgan fingerprint density at radius 1 is 1.11 bits per heavy atom. The molecule has 12 heteroatoms. The van der Waals surface area contributed by atoms with Crippen molar-refractivity contribution in [1.82, 2.24) is 10.3 Å². The first-order valence-electron chi connectivity index (χ1n) is 10.6. The van der Waals surface area contributed by atoms with Crippen LogP contribution in [0.4, 0.5) is 23.2 Å². The van der Waals surface area contributed by atoms with Crippen LogP contribution in [0, 0.1) is 5.82 Å². The number of halogens is 4. The quantitative estimate of drug-likeness (QED) is 0.284. The molecule has 0 aliphatic heterocycles. The fourth-order valence-corrected chi connectivity index (χ4v) is 3.66. The zero-order chi connectivity index (χ0) is 27.2. The third kappa shape index (κ3) is 7.90. The molecule has 0 unspecified atom stereocenters. The second kappa shape index (κ2) is 11.2. The van der Waals surface area contributed by atoms with Crippen molar-refractivity contribution in [1.29, 1.82) is 0 Å². The van der Waals surface area contributed by atoms with E-state index in [0.29, 0.717) is 5.56 Å². The summed E-state index contributed by atoms with van der Waals surface area (Å²) in [5.41, 5.74) is -0.827. The Morgan fingerprint density at radius 3 is 2.43 bits per heavy atom. The van der Waals surface area contributed by atoms with Gasteiger partial charge in [0.05, 0.1) is 11.9 Å². The van der Waals surface area contributed by atoms with Gasteiger partial charge in [-0.15, -0.1) is 0 Å². The number of carbonyl (C=O) groups is 1. The van der Waals surface area contributed by atoms with Crippen LogP contribution >= 0.6 is 0 Å². The van der Waals surface area contributed by atoms with Gasteiger partial charge in [-0.3, -0.25) is 9.52 Å². The summed E-state index contributed by atoms with van der Waals surface area (Å²) in [7, 11) is -3.73. The number of ether oxygens (including phenoxy) is 1. The van der Waals surface area contributed by atoms with Crippen LogP contribution in [-0.4, -0.2) is 25.6 Å². The molecule has 0 aliphatic carbocycles. The molecule has 3 rings (SSSR count). The number of benzene rings is 2. The van der Waals surface area contributed by atoms with Gasteiger partial charge in [-0.05, 0) is 48.0 Å². The van der Waals surface area contributed by atoms with Crippen molar-refractivity contribution in [3.8, 4) is 11.6 Å². The minimum atomic E-state index is -4.69. The van der Waals surface area contributed by atoms with E-state index in [0.717, 1.165) is 30.5 Å². The van der Waals surface area contributed by atoms with Gasteiger partial charge >= 0.3 is 6.18 Å². The van der Waals surface area contributed by atoms with Crippen molar-refractivity contribution in [2.45, 2.75) is 12.7 Å². The Kier molecular flexibility index (Phi) is 8.33. The topological polar surface area (TPSA) is 97.4 Å². The predicted molar refractivity (Wildman–Crippen MR) is 132 cm³/mol. The van der Waals surface area contributed by atoms with Crippen LogP contribution in [0.1, 0.15) is 22.4 Å². The highest BCUT2D eigenvalue weighted by molar-refractivity contribution is 7.92. The fourth-order valence-electron chi connectivity index (χ4n) is 3.07. The van der Waals surface area contributed by atoms with Gasteiger partial charge in [-0.2, -0.15) is 13.2 Å². The van der Waals surface area contributed by atoms with Crippen LogP contribution in [-0.2, 0) is 27.5 Å². The number of sulfonamides is 1. The second-order valence-corrected chi connectivity index (χ2v) is 9.42. The minimum Gasteiger partial charge on any atom is -0.438 e. The van der Waals surface area contributed by atoms with Crippen LogP contribution < -0.4 is 14.8 Å². The van der Waals surface area contributed by atoms with Gasteiger partial charge in [0, 0.05) is 23.7 Å². The summed E-state index contributed by atoms with van der Waals surface area (Å²) >= 11 is 0. The fraction of sp³-hybridized carbons (Fsp3) is 0.120. The van der Waals surface area contributed by atoms with Gasteiger partial charge in [-0.1, -0.05) is 30.9 Å². The van der Waals surface area contributed by atoms with E-state index in [2.05, 4.69) is 21.6 Å². The van der Waals surface area contributed by atoms with Gasteiger partial charge < -0.3 is 10.1 Å². The molecule has 0 spiro atoms. The molecule has 37 heavy (non-hydrogen) atoms. The van der Waals surface area contributed by atoms with E-state index < -0.39 is 33.6 Å². The maximum atomic E-state index is 14.5. The molecule has 0 saturated heterocycles. The standard InChI is InChI=1S/C25H21F4N3O4S/c1-3-17-13-16(14-20(26)23(17)32-37(2,34)35)15-30-22(33)12-10-18-9-11-21(25(27,28)29)31-24(18)36-19-7-5-4-6-8-19/h3-14,32H,1,15H2,2H3,(H,30,33)/b12-10-. The molecule has 0 radical (unpaired) electrons. The highest BCUT2D eigenvalue weighted by atomic mass is 32.2. The van der Waals surface area contributed by atoms with E-state index in [-0.39, 0.29) is 35.0 Å². The van der Waals surface area contributed by atoms with Crippen LogP contribution in [0.2, 0.25) is 0 Å². The molecule has 2 aromatic carbocycles. The average molecular weight is 536 g/mol. The number of nitrogens with zero attached hydrogens (tertiary/aromatic N) is 1. The van der Waals surface area contributed by atoms with E-state index in [4.69, 9.17) is 4.74 Å². The molecule has 1 aromatic heterocycles. The summed E-state index contributed by atoms with van der Waals surface area (Å²) in [6.07, 6.45) is -0.265. The summed E-state index contributed by atoms with van der Waals surface area (Å²) in [6, 6.07) is 12.4. The Labute approximate surface area is 210 Å². The molecule has 0 aliphatic rings. The zero-order valence-electron chi connectivity index (χ0n) is 19.3. The van der Waals surface area contributed by atoms with Crippen LogP contribution in [0.3, 0.4) is 0 Å². The Balaban J connectivity index is 1.77. The first kappa shape index (κ1) is 27.4. The van der Waals surface area contributed by atoms with E-state index in [1.165, 1.54) is 30.4 Å². The van der Waals surface area contributed by atoms with Crippen molar-refractivity contribution >= 4 is 33.8 Å². The summed E-state index contributed by atoms with van der Waals surface area (Å²) in [5, 5.41) is 2.51. The molecule has 3 aromatic rings. The first-order valence-corrected chi connectivity index (χ1v) is 12.4. The van der Waals surface area contributed by atoms with Crippen LogP contribution in [0.25, 0.3) is 12.2 Å². The maximum absolute atomic E-state index is 14.5. The highest BCUT2D eigenvalue weighted by Crippen LogP contribution is 2.32. The molecule has 7 nitrogen and oxygen atoms in total. The lowest BCUT2D eigenvalue weighted by Gasteiger charge is -2.12. The largest absolute Gasteiger partial charge is 0.438 e. The van der Waals surface area contributed by atoms with E-state index in [9.17, 15) is 30.8 Å². The number of rotatable bonds is 9. The minimum absolute atomic E-state index is 0.114. The number of carbonyl (C=O) groups excluding carboxylic acids is 1. The zero-order valence-corrected chi connectivity index (χ0v) is 20.2. The second-order valence-electron chi connectivity index (χ2n) is 7.68. The number of nitrogens with one attached hydrogen (secondary N) is 2. The number of para-hydroxylation sites is 1. The normalized spacial score (nSPS) is 11.8. The number of hydrogen-bond donors (Lipinski definition) is 2. The highest BCUT2D eigenvalue weighted by Gasteiger charge is 2.33. The monoisotopic (exact) mass is 535 g/mol.